The van der Waals surface area contributed by atoms with Crippen molar-refractivity contribution in [1.29, 1.82) is 0 Å². The topological polar surface area (TPSA) is 55.1 Å². The zero-order chi connectivity index (χ0) is 13.1. The highest BCUT2D eigenvalue weighted by Crippen LogP contribution is 2.28. The molecule has 2 rings (SSSR count). The number of rotatable bonds is 4. The van der Waals surface area contributed by atoms with E-state index in [0.717, 1.165) is 18.5 Å². The minimum Gasteiger partial charge on any atom is -0.478 e. The standard InChI is InChI=1S/C13H13ClN2O2/c1-2-5-16-8-10(7-15-16)11-6-9(13(17)18)3-4-12(11)14/h3-4,6-8H,2,5H2,1H3,(H,17,18). The van der Waals surface area contributed by atoms with Crippen molar-refractivity contribution in [3.63, 3.8) is 0 Å². The molecule has 0 radical (unpaired) electrons. The van der Waals surface area contributed by atoms with Gasteiger partial charge < -0.3 is 5.11 Å². The van der Waals surface area contributed by atoms with Gasteiger partial charge in [0.15, 0.2) is 0 Å². The minimum absolute atomic E-state index is 0.220. The van der Waals surface area contributed by atoms with E-state index < -0.39 is 5.97 Å². The molecule has 0 aliphatic heterocycles. The molecule has 0 saturated heterocycles. The van der Waals surface area contributed by atoms with Crippen molar-refractivity contribution >= 4 is 17.6 Å². The zero-order valence-electron chi connectivity index (χ0n) is 9.93. The molecule has 1 heterocycles. The van der Waals surface area contributed by atoms with E-state index in [-0.39, 0.29) is 5.56 Å². The molecule has 0 amide bonds. The van der Waals surface area contributed by atoms with Crippen LogP contribution in [0.15, 0.2) is 30.6 Å². The molecular formula is C13H13ClN2O2. The van der Waals surface area contributed by atoms with E-state index in [1.165, 1.54) is 6.07 Å². The average Bonchev–Trinajstić information content (AvgIpc) is 2.78. The third kappa shape index (κ3) is 2.54. The van der Waals surface area contributed by atoms with Gasteiger partial charge in [-0.2, -0.15) is 5.10 Å². The van der Waals surface area contributed by atoms with Crippen LogP contribution in [0.25, 0.3) is 11.1 Å². The lowest BCUT2D eigenvalue weighted by Gasteiger charge is -2.03. The predicted octanol–water partition coefficient (Wildman–Crippen LogP) is 3.31. The Morgan fingerprint density at radius 1 is 1.50 bits per heavy atom. The van der Waals surface area contributed by atoms with E-state index in [9.17, 15) is 4.79 Å². The number of aromatic carboxylic acids is 1. The van der Waals surface area contributed by atoms with Crippen LogP contribution in [-0.4, -0.2) is 20.9 Å². The first-order valence-corrected chi connectivity index (χ1v) is 6.05. The average molecular weight is 265 g/mol. The highest BCUT2D eigenvalue weighted by Gasteiger charge is 2.10. The second kappa shape index (κ2) is 5.23. The molecule has 0 unspecified atom stereocenters. The SMILES string of the molecule is CCCn1cc(-c2cc(C(=O)O)ccc2Cl)cn1. The molecule has 0 aliphatic carbocycles. The van der Waals surface area contributed by atoms with Crippen molar-refractivity contribution in [2.75, 3.05) is 0 Å². The lowest BCUT2D eigenvalue weighted by Crippen LogP contribution is -1.96. The highest BCUT2D eigenvalue weighted by atomic mass is 35.5. The Bertz CT molecular complexity index is 578. The van der Waals surface area contributed by atoms with Crippen LogP contribution >= 0.6 is 11.6 Å². The van der Waals surface area contributed by atoms with Crippen molar-refractivity contribution in [1.82, 2.24) is 9.78 Å². The molecule has 1 aromatic carbocycles. The van der Waals surface area contributed by atoms with Gasteiger partial charge >= 0.3 is 5.97 Å². The summed E-state index contributed by atoms with van der Waals surface area (Å²) in [5, 5.41) is 13.7. The van der Waals surface area contributed by atoms with E-state index in [1.807, 2.05) is 10.9 Å². The van der Waals surface area contributed by atoms with Gasteiger partial charge in [-0.15, -0.1) is 0 Å². The number of benzene rings is 1. The molecule has 1 N–H and O–H groups in total. The summed E-state index contributed by atoms with van der Waals surface area (Å²) in [4.78, 5) is 10.9. The van der Waals surface area contributed by atoms with Crippen molar-refractivity contribution < 1.29 is 9.90 Å². The molecule has 5 heteroatoms. The molecule has 0 bridgehead atoms. The number of aryl methyl sites for hydroxylation is 1. The fourth-order valence-corrected chi connectivity index (χ4v) is 1.96. The predicted molar refractivity (Wildman–Crippen MR) is 69.9 cm³/mol. The molecular weight excluding hydrogens is 252 g/mol. The van der Waals surface area contributed by atoms with Gasteiger partial charge in [0.1, 0.15) is 0 Å². The smallest absolute Gasteiger partial charge is 0.335 e. The molecule has 4 nitrogen and oxygen atoms in total. The molecule has 94 valence electrons. The summed E-state index contributed by atoms with van der Waals surface area (Å²) in [7, 11) is 0. The number of carbonyl (C=O) groups is 1. The van der Waals surface area contributed by atoms with Crippen LogP contribution in [0, 0.1) is 0 Å². The number of carboxylic acid groups (broad SMARTS) is 1. The van der Waals surface area contributed by atoms with E-state index in [1.54, 1.807) is 18.3 Å². The Morgan fingerprint density at radius 3 is 2.94 bits per heavy atom. The molecule has 0 spiro atoms. The Kier molecular flexibility index (Phi) is 3.67. The second-order valence-electron chi connectivity index (χ2n) is 3.99. The number of carboxylic acids is 1. The number of hydrogen-bond acceptors (Lipinski definition) is 2. The minimum atomic E-state index is -0.964. The van der Waals surface area contributed by atoms with Gasteiger partial charge in [-0.3, -0.25) is 4.68 Å². The van der Waals surface area contributed by atoms with Gasteiger partial charge in [-0.05, 0) is 24.6 Å². The van der Waals surface area contributed by atoms with Crippen LogP contribution in [0.1, 0.15) is 23.7 Å². The summed E-state index contributed by atoms with van der Waals surface area (Å²) in [5.74, 6) is -0.964. The number of aromatic nitrogens is 2. The summed E-state index contributed by atoms with van der Waals surface area (Å²) >= 11 is 6.09. The Hall–Kier alpha value is -1.81. The van der Waals surface area contributed by atoms with E-state index in [0.29, 0.717) is 10.6 Å². The summed E-state index contributed by atoms with van der Waals surface area (Å²) in [6.45, 7) is 2.90. The van der Waals surface area contributed by atoms with Crippen LogP contribution < -0.4 is 0 Å². The Morgan fingerprint density at radius 2 is 2.28 bits per heavy atom. The van der Waals surface area contributed by atoms with Crippen LogP contribution in [0.3, 0.4) is 0 Å². The normalized spacial score (nSPS) is 10.6. The van der Waals surface area contributed by atoms with Gasteiger partial charge in [-0.25, -0.2) is 4.79 Å². The summed E-state index contributed by atoms with van der Waals surface area (Å²) in [6.07, 6.45) is 4.56. The first-order valence-electron chi connectivity index (χ1n) is 5.67. The maximum absolute atomic E-state index is 10.9. The number of hydrogen-bond donors (Lipinski definition) is 1. The zero-order valence-corrected chi connectivity index (χ0v) is 10.7. The first-order chi connectivity index (χ1) is 8.61. The van der Waals surface area contributed by atoms with Crippen LogP contribution in [0.5, 0.6) is 0 Å². The molecule has 1 aromatic heterocycles. The van der Waals surface area contributed by atoms with Gasteiger partial charge in [0.25, 0.3) is 0 Å². The summed E-state index contributed by atoms with van der Waals surface area (Å²) < 4.78 is 1.82. The summed E-state index contributed by atoms with van der Waals surface area (Å²) in [6, 6.07) is 4.65. The first kappa shape index (κ1) is 12.6. The van der Waals surface area contributed by atoms with Crippen LogP contribution in [0.2, 0.25) is 5.02 Å². The van der Waals surface area contributed by atoms with Gasteiger partial charge in [0.05, 0.1) is 11.8 Å². The third-order valence-corrected chi connectivity index (χ3v) is 2.94. The quantitative estimate of drug-likeness (QED) is 0.922. The summed E-state index contributed by atoms with van der Waals surface area (Å²) in [5.41, 5.74) is 1.74. The van der Waals surface area contributed by atoms with E-state index in [2.05, 4.69) is 12.0 Å². The van der Waals surface area contributed by atoms with Crippen molar-refractivity contribution in [3.8, 4) is 11.1 Å². The number of halogens is 1. The fraction of sp³-hybridized carbons (Fsp3) is 0.231. The maximum atomic E-state index is 10.9. The van der Waals surface area contributed by atoms with Gasteiger partial charge in [0, 0.05) is 28.9 Å². The van der Waals surface area contributed by atoms with Crippen LogP contribution in [-0.2, 0) is 6.54 Å². The Labute approximate surface area is 110 Å². The molecule has 0 saturated carbocycles. The second-order valence-corrected chi connectivity index (χ2v) is 4.40. The van der Waals surface area contributed by atoms with Crippen LogP contribution in [0.4, 0.5) is 0 Å². The van der Waals surface area contributed by atoms with Gasteiger partial charge in [-0.1, -0.05) is 18.5 Å². The third-order valence-electron chi connectivity index (χ3n) is 2.61. The lowest BCUT2D eigenvalue weighted by molar-refractivity contribution is 0.0697. The number of nitrogens with zero attached hydrogens (tertiary/aromatic N) is 2. The highest BCUT2D eigenvalue weighted by molar-refractivity contribution is 6.33. The van der Waals surface area contributed by atoms with E-state index >= 15 is 0 Å². The largest absolute Gasteiger partial charge is 0.478 e. The molecule has 18 heavy (non-hydrogen) atoms. The lowest BCUT2D eigenvalue weighted by atomic mass is 10.1. The fourth-order valence-electron chi connectivity index (χ4n) is 1.73. The van der Waals surface area contributed by atoms with E-state index in [4.69, 9.17) is 16.7 Å². The Balaban J connectivity index is 2.41. The molecule has 0 atom stereocenters. The van der Waals surface area contributed by atoms with Crippen molar-refractivity contribution in [2.45, 2.75) is 19.9 Å². The van der Waals surface area contributed by atoms with Crippen molar-refractivity contribution in [3.05, 3.63) is 41.2 Å². The van der Waals surface area contributed by atoms with Crippen molar-refractivity contribution in [2.24, 2.45) is 0 Å². The maximum Gasteiger partial charge on any atom is 0.335 e. The molecule has 2 aromatic rings. The monoisotopic (exact) mass is 264 g/mol. The van der Waals surface area contributed by atoms with Gasteiger partial charge in [0.2, 0.25) is 0 Å². The molecule has 0 fully saturated rings. The molecule has 0 aliphatic rings.